The van der Waals surface area contributed by atoms with E-state index < -0.39 is 0 Å². The van der Waals surface area contributed by atoms with Crippen molar-refractivity contribution in [2.45, 2.75) is 26.8 Å². The van der Waals surface area contributed by atoms with E-state index in [0.717, 1.165) is 21.3 Å². The Morgan fingerprint density at radius 2 is 2.05 bits per heavy atom. The van der Waals surface area contributed by atoms with Crippen LogP contribution in [0, 0.1) is 6.92 Å². The van der Waals surface area contributed by atoms with Crippen LogP contribution in [0.2, 0.25) is 8.67 Å². The first-order valence-corrected chi connectivity index (χ1v) is 8.03. The normalized spacial score (nSPS) is 12.2. The lowest BCUT2D eigenvalue weighted by Crippen LogP contribution is -2.08. The third kappa shape index (κ3) is 3.60. The second kappa shape index (κ2) is 6.70. The van der Waals surface area contributed by atoms with Crippen LogP contribution in [-0.2, 0) is 0 Å². The Morgan fingerprint density at radius 3 is 2.65 bits per heavy atom. The van der Waals surface area contributed by atoms with Gasteiger partial charge in [-0.2, -0.15) is 0 Å². The first-order chi connectivity index (χ1) is 9.51. The highest BCUT2D eigenvalue weighted by atomic mass is 35.5. The highest BCUT2D eigenvalue weighted by Crippen LogP contribution is 2.37. The number of thiophene rings is 1. The van der Waals surface area contributed by atoms with Gasteiger partial charge in [-0.25, -0.2) is 0 Å². The largest absolute Gasteiger partial charge is 0.492 e. The zero-order valence-electron chi connectivity index (χ0n) is 11.7. The predicted molar refractivity (Wildman–Crippen MR) is 88.7 cm³/mol. The van der Waals surface area contributed by atoms with Gasteiger partial charge >= 0.3 is 0 Å². The number of anilines is 1. The number of hydrogen-bond donors (Lipinski definition) is 1. The van der Waals surface area contributed by atoms with E-state index in [1.54, 1.807) is 0 Å². The van der Waals surface area contributed by atoms with Crippen molar-refractivity contribution in [1.29, 1.82) is 0 Å². The molecule has 0 saturated heterocycles. The lowest BCUT2D eigenvalue weighted by atomic mass is 10.1. The number of aryl methyl sites for hydroxylation is 1. The molecule has 1 unspecified atom stereocenters. The molecular weight excluding hydrogens is 313 g/mol. The molecule has 1 heterocycles. The molecule has 0 spiro atoms. The number of rotatable bonds is 5. The summed E-state index contributed by atoms with van der Waals surface area (Å²) in [6, 6.07) is 8.08. The van der Waals surface area contributed by atoms with E-state index >= 15 is 0 Å². The van der Waals surface area contributed by atoms with E-state index in [0.29, 0.717) is 10.9 Å². The van der Waals surface area contributed by atoms with Crippen LogP contribution in [0.15, 0.2) is 24.3 Å². The van der Waals surface area contributed by atoms with Crippen LogP contribution in [-0.4, -0.2) is 6.61 Å². The third-order valence-corrected chi connectivity index (χ3v) is 4.48. The van der Waals surface area contributed by atoms with Gasteiger partial charge in [0, 0.05) is 5.56 Å². The molecule has 0 amide bonds. The maximum Gasteiger partial charge on any atom is 0.142 e. The fourth-order valence-electron chi connectivity index (χ4n) is 1.98. The molecule has 2 nitrogen and oxygen atoms in total. The maximum atomic E-state index is 6.20. The Labute approximate surface area is 133 Å². The summed E-state index contributed by atoms with van der Waals surface area (Å²) in [6.07, 6.45) is 0. The number of ether oxygens (including phenoxy) is 1. The van der Waals surface area contributed by atoms with Crippen molar-refractivity contribution in [2.75, 3.05) is 11.9 Å². The molecule has 1 aromatic heterocycles. The molecule has 1 N–H and O–H groups in total. The molecule has 1 atom stereocenters. The van der Waals surface area contributed by atoms with Crippen molar-refractivity contribution in [1.82, 2.24) is 0 Å². The van der Waals surface area contributed by atoms with Crippen LogP contribution in [0.3, 0.4) is 0 Å². The number of halogens is 2. The maximum absolute atomic E-state index is 6.20. The second-order valence-electron chi connectivity index (χ2n) is 4.58. The van der Waals surface area contributed by atoms with Gasteiger partial charge in [0.25, 0.3) is 0 Å². The number of nitrogens with one attached hydrogen (secondary N) is 1. The van der Waals surface area contributed by atoms with Crippen LogP contribution in [0.4, 0.5) is 5.69 Å². The summed E-state index contributed by atoms with van der Waals surface area (Å²) in [4.78, 5) is 0. The molecule has 0 aliphatic carbocycles. The lowest BCUT2D eigenvalue weighted by Gasteiger charge is -2.18. The van der Waals surface area contributed by atoms with E-state index in [2.05, 4.69) is 18.3 Å². The van der Waals surface area contributed by atoms with Crippen LogP contribution in [0.25, 0.3) is 0 Å². The van der Waals surface area contributed by atoms with Crippen molar-refractivity contribution in [3.05, 3.63) is 44.1 Å². The van der Waals surface area contributed by atoms with Crippen molar-refractivity contribution in [2.24, 2.45) is 0 Å². The molecule has 108 valence electrons. The molecule has 0 aliphatic rings. The summed E-state index contributed by atoms with van der Waals surface area (Å²) in [7, 11) is 0. The molecule has 1 aromatic carbocycles. The minimum absolute atomic E-state index is 0.0631. The fourth-order valence-corrected chi connectivity index (χ4v) is 3.63. The van der Waals surface area contributed by atoms with Gasteiger partial charge in [0.05, 0.1) is 27.0 Å². The molecule has 0 fully saturated rings. The van der Waals surface area contributed by atoms with E-state index in [1.807, 2.05) is 32.0 Å². The molecule has 2 rings (SSSR count). The summed E-state index contributed by atoms with van der Waals surface area (Å²) >= 11 is 13.6. The van der Waals surface area contributed by atoms with E-state index in [-0.39, 0.29) is 6.04 Å². The van der Waals surface area contributed by atoms with Gasteiger partial charge in [-0.05, 0) is 44.5 Å². The quantitative estimate of drug-likeness (QED) is 0.733. The smallest absolute Gasteiger partial charge is 0.142 e. The van der Waals surface area contributed by atoms with Gasteiger partial charge in [0.1, 0.15) is 5.75 Å². The first-order valence-electron chi connectivity index (χ1n) is 6.46. The summed E-state index contributed by atoms with van der Waals surface area (Å²) in [5.41, 5.74) is 3.14. The first kappa shape index (κ1) is 15.5. The number of hydrogen-bond acceptors (Lipinski definition) is 3. The van der Waals surface area contributed by atoms with Gasteiger partial charge in [-0.1, -0.05) is 29.3 Å². The van der Waals surface area contributed by atoms with Crippen molar-refractivity contribution in [3.63, 3.8) is 0 Å². The second-order valence-corrected chi connectivity index (χ2v) is 6.86. The highest BCUT2D eigenvalue weighted by molar-refractivity contribution is 7.20. The van der Waals surface area contributed by atoms with Crippen LogP contribution >= 0.6 is 34.5 Å². The van der Waals surface area contributed by atoms with Crippen molar-refractivity contribution >= 4 is 40.2 Å². The Morgan fingerprint density at radius 1 is 1.30 bits per heavy atom. The molecule has 5 heteroatoms. The van der Waals surface area contributed by atoms with Crippen LogP contribution in [0.5, 0.6) is 5.75 Å². The zero-order chi connectivity index (χ0) is 14.7. The minimum Gasteiger partial charge on any atom is -0.492 e. The van der Waals surface area contributed by atoms with Crippen molar-refractivity contribution < 1.29 is 4.74 Å². The van der Waals surface area contributed by atoms with Gasteiger partial charge < -0.3 is 10.1 Å². The van der Waals surface area contributed by atoms with Gasteiger partial charge in [0.2, 0.25) is 0 Å². The van der Waals surface area contributed by atoms with Crippen LogP contribution < -0.4 is 10.1 Å². The molecule has 2 aromatic rings. The molecular formula is C15H17Cl2NOS. The Balaban J connectivity index is 2.23. The third-order valence-electron chi connectivity index (χ3n) is 2.96. The average molecular weight is 330 g/mol. The molecule has 0 bridgehead atoms. The monoisotopic (exact) mass is 329 g/mol. The Hall–Kier alpha value is -0.900. The Bertz CT molecular complexity index is 598. The topological polar surface area (TPSA) is 21.3 Å². The van der Waals surface area contributed by atoms with E-state index in [1.165, 1.54) is 16.9 Å². The average Bonchev–Trinajstić information content (AvgIpc) is 2.72. The lowest BCUT2D eigenvalue weighted by molar-refractivity contribution is 0.341. The highest BCUT2D eigenvalue weighted by Gasteiger charge is 2.15. The SMILES string of the molecule is CCOc1cc(C)ccc1NC(C)c1cc(Cl)sc1Cl. The summed E-state index contributed by atoms with van der Waals surface area (Å²) < 4.78 is 7.09. The summed E-state index contributed by atoms with van der Waals surface area (Å²) in [6.45, 7) is 6.72. The molecule has 20 heavy (non-hydrogen) atoms. The molecule has 0 radical (unpaired) electrons. The summed E-state index contributed by atoms with van der Waals surface area (Å²) in [5.74, 6) is 0.858. The minimum atomic E-state index is 0.0631. The fraction of sp³-hybridized carbons (Fsp3) is 0.333. The predicted octanol–water partition coefficient (Wildman–Crippen LogP) is 5.94. The van der Waals surface area contributed by atoms with Gasteiger partial charge in [-0.3, -0.25) is 0 Å². The number of benzene rings is 1. The van der Waals surface area contributed by atoms with Gasteiger partial charge in [-0.15, -0.1) is 11.3 Å². The molecule has 0 aliphatic heterocycles. The van der Waals surface area contributed by atoms with E-state index in [9.17, 15) is 0 Å². The Kier molecular flexibility index (Phi) is 5.19. The van der Waals surface area contributed by atoms with Gasteiger partial charge in [0.15, 0.2) is 0 Å². The van der Waals surface area contributed by atoms with Crippen LogP contribution in [0.1, 0.15) is 31.0 Å². The van der Waals surface area contributed by atoms with E-state index in [4.69, 9.17) is 27.9 Å². The standard InChI is InChI=1S/C15H17Cl2NOS/c1-4-19-13-7-9(2)5-6-12(13)18-10(3)11-8-14(16)20-15(11)17/h5-8,10,18H,4H2,1-3H3. The van der Waals surface area contributed by atoms with Crippen molar-refractivity contribution in [3.8, 4) is 5.75 Å². The summed E-state index contributed by atoms with van der Waals surface area (Å²) in [5, 5.41) is 3.43. The molecule has 0 saturated carbocycles. The zero-order valence-corrected chi connectivity index (χ0v) is 14.0.